The van der Waals surface area contributed by atoms with Gasteiger partial charge in [0.1, 0.15) is 18.8 Å². The van der Waals surface area contributed by atoms with Gasteiger partial charge in [-0.1, -0.05) is 60.7 Å². The summed E-state index contributed by atoms with van der Waals surface area (Å²) in [5, 5.41) is 0. The molecule has 0 unspecified atom stereocenters. The van der Waals surface area contributed by atoms with Gasteiger partial charge >= 0.3 is 18.4 Å². The van der Waals surface area contributed by atoms with E-state index < -0.39 is 59.9 Å². The van der Waals surface area contributed by atoms with E-state index in [-0.39, 0.29) is 43.9 Å². The third-order valence-electron chi connectivity index (χ3n) is 7.96. The number of alkyl halides is 6. The fourth-order valence-corrected chi connectivity index (χ4v) is 5.77. The van der Waals surface area contributed by atoms with Crippen LogP contribution in [0, 0.1) is 5.92 Å². The quantitative estimate of drug-likeness (QED) is 0.307. The Labute approximate surface area is 255 Å². The molecule has 45 heavy (non-hydrogen) atoms. The second-order valence-electron chi connectivity index (χ2n) is 11.1. The van der Waals surface area contributed by atoms with E-state index >= 15 is 0 Å². The molecule has 3 atom stereocenters. The highest BCUT2D eigenvalue weighted by atomic mass is 19.4. The third-order valence-corrected chi connectivity index (χ3v) is 7.96. The molecule has 2 aliphatic heterocycles. The van der Waals surface area contributed by atoms with E-state index in [1.165, 1.54) is 14.7 Å². The van der Waals surface area contributed by atoms with Crippen molar-refractivity contribution in [3.8, 4) is 0 Å². The van der Waals surface area contributed by atoms with Gasteiger partial charge in [0.05, 0.1) is 23.6 Å². The van der Waals surface area contributed by atoms with Crippen LogP contribution in [0.2, 0.25) is 0 Å². The zero-order valence-electron chi connectivity index (χ0n) is 24.0. The monoisotopic (exact) mass is 633 g/mol. The molecule has 2 fully saturated rings. The minimum atomic E-state index is -5.06. The van der Waals surface area contributed by atoms with Crippen LogP contribution in [-0.4, -0.2) is 57.9 Å². The predicted molar refractivity (Wildman–Crippen MR) is 149 cm³/mol. The minimum Gasteiger partial charge on any atom is -0.444 e. The topological polar surface area (TPSA) is 70.2 Å². The second kappa shape index (κ2) is 12.4. The molecule has 238 valence electrons. The Balaban J connectivity index is 1.43. The molecule has 0 saturated carbocycles. The highest BCUT2D eigenvalue weighted by Crippen LogP contribution is 2.37. The van der Waals surface area contributed by atoms with Gasteiger partial charge < -0.3 is 14.5 Å². The van der Waals surface area contributed by atoms with Crippen LogP contribution in [0.1, 0.15) is 34.7 Å². The molecule has 2 saturated heterocycles. The predicted octanol–water partition coefficient (Wildman–Crippen LogP) is 6.12. The fourth-order valence-electron chi connectivity index (χ4n) is 5.77. The smallest absolute Gasteiger partial charge is 0.416 e. The van der Waals surface area contributed by atoms with E-state index in [1.54, 1.807) is 49.4 Å². The van der Waals surface area contributed by atoms with Crippen LogP contribution in [0.25, 0.3) is 0 Å². The number of rotatable bonds is 6. The number of piperazine rings is 1. The summed E-state index contributed by atoms with van der Waals surface area (Å²) in [5.74, 6) is -1.46. The van der Waals surface area contributed by atoms with Gasteiger partial charge in [-0.25, -0.2) is 4.79 Å². The average molecular weight is 634 g/mol. The third kappa shape index (κ3) is 7.07. The number of nitrogens with zero attached hydrogens (tertiary/aromatic N) is 3. The number of fused-ring (bicyclic) bond motifs is 1. The number of hydrogen-bond donors (Lipinski definition) is 0. The normalized spacial score (nSPS) is 20.7. The van der Waals surface area contributed by atoms with Crippen LogP contribution in [0.15, 0.2) is 78.9 Å². The van der Waals surface area contributed by atoms with Crippen LogP contribution in [0.3, 0.4) is 0 Å². The second-order valence-corrected chi connectivity index (χ2v) is 11.1. The highest BCUT2D eigenvalue weighted by molar-refractivity contribution is 5.91. The van der Waals surface area contributed by atoms with Crippen LogP contribution < -0.4 is 0 Å². The number of carbonyl (C=O) groups excluding carboxylic acids is 3. The molecule has 2 aliphatic rings. The van der Waals surface area contributed by atoms with Gasteiger partial charge in [0.15, 0.2) is 0 Å². The summed E-state index contributed by atoms with van der Waals surface area (Å²) in [6, 6.07) is 18.1. The van der Waals surface area contributed by atoms with Crippen molar-refractivity contribution in [3.63, 3.8) is 0 Å². The first kappa shape index (κ1) is 31.9. The zero-order valence-corrected chi connectivity index (χ0v) is 24.0. The van der Waals surface area contributed by atoms with E-state index in [4.69, 9.17) is 4.74 Å². The van der Waals surface area contributed by atoms with E-state index in [9.17, 15) is 40.7 Å². The molecule has 0 spiro atoms. The van der Waals surface area contributed by atoms with Gasteiger partial charge in [-0.3, -0.25) is 14.5 Å². The van der Waals surface area contributed by atoms with Crippen LogP contribution in [0.5, 0.6) is 0 Å². The zero-order chi connectivity index (χ0) is 32.5. The maximum atomic E-state index is 13.8. The molecule has 0 aliphatic carbocycles. The first-order valence-corrected chi connectivity index (χ1v) is 14.1. The minimum absolute atomic E-state index is 0.00459. The van der Waals surface area contributed by atoms with E-state index in [0.717, 1.165) is 11.1 Å². The van der Waals surface area contributed by atoms with Gasteiger partial charge in [-0.2, -0.15) is 26.3 Å². The summed E-state index contributed by atoms with van der Waals surface area (Å²) in [5.41, 5.74) is -1.95. The van der Waals surface area contributed by atoms with Crippen molar-refractivity contribution >= 4 is 17.9 Å². The molecule has 3 amide bonds. The van der Waals surface area contributed by atoms with Crippen molar-refractivity contribution in [1.29, 1.82) is 0 Å². The van der Waals surface area contributed by atoms with Crippen molar-refractivity contribution in [1.82, 2.24) is 14.7 Å². The lowest BCUT2D eigenvalue weighted by atomic mass is 9.92. The molecule has 5 rings (SSSR count). The van der Waals surface area contributed by atoms with Crippen LogP contribution in [0.4, 0.5) is 31.1 Å². The van der Waals surface area contributed by atoms with E-state index in [0.29, 0.717) is 12.1 Å². The molecule has 0 bridgehead atoms. The van der Waals surface area contributed by atoms with E-state index in [1.807, 2.05) is 18.2 Å². The molecule has 7 nitrogen and oxygen atoms in total. The lowest BCUT2D eigenvalue weighted by Gasteiger charge is -2.53. The van der Waals surface area contributed by atoms with Crippen molar-refractivity contribution in [3.05, 3.63) is 107 Å². The Bertz CT molecular complexity index is 1520. The molecule has 0 aromatic heterocycles. The summed E-state index contributed by atoms with van der Waals surface area (Å²) in [4.78, 5) is 44.8. The molecular formula is C32H29F6N3O4. The molecule has 2 heterocycles. The Morgan fingerprint density at radius 1 is 0.778 bits per heavy atom. The van der Waals surface area contributed by atoms with Crippen molar-refractivity contribution < 1.29 is 45.5 Å². The first-order valence-electron chi connectivity index (χ1n) is 14.1. The molecule has 0 N–H and O–H groups in total. The molecule has 0 radical (unpaired) electrons. The van der Waals surface area contributed by atoms with Crippen molar-refractivity contribution in [2.45, 2.75) is 51.1 Å². The lowest BCUT2D eigenvalue weighted by molar-refractivity contribution is -0.172. The largest absolute Gasteiger partial charge is 0.444 e. The number of carbonyl (C=O) groups is 3. The number of hydrogen-bond acceptors (Lipinski definition) is 4. The number of amides is 3. The fraction of sp³-hybridized carbons (Fsp3) is 0.344. The number of halogens is 6. The summed E-state index contributed by atoms with van der Waals surface area (Å²) in [6.07, 6.45) is -11.9. The first-order chi connectivity index (χ1) is 21.2. The standard InChI is InChI=1S/C32H29F6N3O4/c1-20-28(42)39(16-22-10-6-3-7-11-22)18-27-40(17-24(29(43)41(20)27)12-21-8-4-2-5-9-21)30(44)45-19-23-13-25(31(33,34)35)15-26(14-23)32(36,37)38/h2-11,13-15,20,24,27H,12,16-19H2,1H3/t20-,24-,27+/m0/s1. The van der Waals surface area contributed by atoms with Gasteiger partial charge in [-0.15, -0.1) is 0 Å². The van der Waals surface area contributed by atoms with Gasteiger partial charge in [-0.05, 0) is 48.2 Å². The van der Waals surface area contributed by atoms with Gasteiger partial charge in [0.25, 0.3) is 0 Å². The molecular weight excluding hydrogens is 604 g/mol. The van der Waals surface area contributed by atoms with E-state index in [2.05, 4.69) is 0 Å². The SMILES string of the molecule is C[C@H]1C(=O)N(Cc2ccccc2)C[C@@H]2N(C(=O)OCc3cc(C(F)(F)F)cc(C(F)(F)F)c3)C[C@H](Cc3ccccc3)C(=O)N21. The maximum absolute atomic E-state index is 13.8. The Morgan fingerprint density at radius 3 is 1.89 bits per heavy atom. The van der Waals surface area contributed by atoms with Gasteiger partial charge in [0, 0.05) is 13.1 Å². The Kier molecular flexibility index (Phi) is 8.81. The maximum Gasteiger partial charge on any atom is 0.416 e. The Morgan fingerprint density at radius 2 is 1.33 bits per heavy atom. The summed E-state index contributed by atoms with van der Waals surface area (Å²) >= 11 is 0. The summed E-state index contributed by atoms with van der Waals surface area (Å²) in [7, 11) is 0. The van der Waals surface area contributed by atoms with Crippen LogP contribution in [-0.2, 0) is 46.3 Å². The van der Waals surface area contributed by atoms with Crippen LogP contribution >= 0.6 is 0 Å². The number of ether oxygens (including phenoxy) is 1. The number of benzene rings is 3. The molecule has 3 aromatic carbocycles. The Hall–Kier alpha value is -4.55. The summed E-state index contributed by atoms with van der Waals surface area (Å²) in [6.45, 7) is 0.668. The molecule has 3 aromatic rings. The highest BCUT2D eigenvalue weighted by Gasteiger charge is 2.50. The summed E-state index contributed by atoms with van der Waals surface area (Å²) < 4.78 is 85.6. The average Bonchev–Trinajstić information content (AvgIpc) is 2.99. The van der Waals surface area contributed by atoms with Crippen molar-refractivity contribution in [2.24, 2.45) is 5.92 Å². The lowest BCUT2D eigenvalue weighted by Crippen LogP contribution is -2.72. The van der Waals surface area contributed by atoms with Crippen molar-refractivity contribution in [2.75, 3.05) is 13.1 Å². The molecule has 13 heteroatoms. The van der Waals surface area contributed by atoms with Gasteiger partial charge in [0.2, 0.25) is 11.8 Å².